The molecule has 1 aromatic heterocycles. The highest BCUT2D eigenvalue weighted by Gasteiger charge is 2.14. The Morgan fingerprint density at radius 1 is 1.11 bits per heavy atom. The second-order valence-corrected chi connectivity index (χ2v) is 3.51. The topological polar surface area (TPSA) is 80.4 Å². The molecule has 0 aliphatic rings. The zero-order chi connectivity index (χ0) is 12.8. The molecule has 0 aliphatic heterocycles. The second-order valence-electron chi connectivity index (χ2n) is 3.51. The monoisotopic (exact) mass is 240 g/mol. The van der Waals surface area contributed by atoms with Crippen molar-refractivity contribution in [2.45, 2.75) is 0 Å². The number of para-hydroxylation sites is 1. The zero-order valence-electron chi connectivity index (χ0n) is 9.58. The summed E-state index contributed by atoms with van der Waals surface area (Å²) < 4.78 is 0. The number of anilines is 1. The van der Waals surface area contributed by atoms with Crippen LogP contribution in [0.3, 0.4) is 0 Å². The summed E-state index contributed by atoms with van der Waals surface area (Å²) in [5.74, 6) is 4.86. The molecule has 1 aromatic carbocycles. The molecule has 5 nitrogen and oxygen atoms in total. The number of benzene rings is 1. The second kappa shape index (κ2) is 5.58. The third-order valence-corrected chi connectivity index (χ3v) is 2.28. The van der Waals surface area contributed by atoms with Crippen LogP contribution in [0.5, 0.6) is 0 Å². The molecule has 0 atom stereocenters. The molecule has 1 heterocycles. The van der Waals surface area contributed by atoms with Crippen LogP contribution in [0.25, 0.3) is 0 Å². The van der Waals surface area contributed by atoms with Crippen molar-refractivity contribution < 1.29 is 4.79 Å². The molecule has 0 saturated heterocycles. The fourth-order valence-corrected chi connectivity index (χ4v) is 1.46. The van der Waals surface area contributed by atoms with E-state index in [0.717, 1.165) is 0 Å². The van der Waals surface area contributed by atoms with E-state index in [2.05, 4.69) is 15.4 Å². The predicted molar refractivity (Wildman–Crippen MR) is 70.0 cm³/mol. The zero-order valence-corrected chi connectivity index (χ0v) is 9.58. The molecule has 0 unspecified atom stereocenters. The maximum atomic E-state index is 12.0. The van der Waals surface area contributed by atoms with E-state index in [0.29, 0.717) is 11.4 Å². The number of nitrogens with two attached hydrogens (primary N) is 1. The summed E-state index contributed by atoms with van der Waals surface area (Å²) >= 11 is 0. The number of hydrogen-bond donors (Lipinski definition) is 2. The van der Waals surface area contributed by atoms with Crippen LogP contribution < -0.4 is 11.2 Å². The minimum absolute atomic E-state index is 0.0967. The van der Waals surface area contributed by atoms with Gasteiger partial charge in [0, 0.05) is 11.9 Å². The largest absolute Gasteiger partial charge is 0.322 e. The Balaban J connectivity index is 2.18. The molecule has 0 aliphatic carbocycles. The van der Waals surface area contributed by atoms with Gasteiger partial charge in [0.15, 0.2) is 5.71 Å². The summed E-state index contributed by atoms with van der Waals surface area (Å²) in [6, 6.07) is 14.3. The first-order valence-electron chi connectivity index (χ1n) is 5.37. The highest BCUT2D eigenvalue weighted by atomic mass is 16.1. The molecule has 0 bridgehead atoms. The van der Waals surface area contributed by atoms with Crippen LogP contribution in [0.4, 0.5) is 5.69 Å². The van der Waals surface area contributed by atoms with Crippen molar-refractivity contribution in [3.8, 4) is 0 Å². The third-order valence-electron chi connectivity index (χ3n) is 2.28. The van der Waals surface area contributed by atoms with E-state index >= 15 is 0 Å². The summed E-state index contributed by atoms with van der Waals surface area (Å²) in [6.07, 6.45) is 1.58. The average molecular weight is 240 g/mol. The fourth-order valence-electron chi connectivity index (χ4n) is 1.46. The van der Waals surface area contributed by atoms with E-state index in [9.17, 15) is 4.79 Å². The predicted octanol–water partition coefficient (Wildman–Crippen LogP) is 1.38. The SMILES string of the molecule is NN=C(C(=O)Nc1ccccc1)c1ccccn1. The highest BCUT2D eigenvalue weighted by molar-refractivity contribution is 6.48. The number of nitrogens with zero attached hydrogens (tertiary/aromatic N) is 2. The van der Waals surface area contributed by atoms with Gasteiger partial charge in [0.2, 0.25) is 0 Å². The minimum atomic E-state index is -0.387. The molecule has 0 fully saturated rings. The highest BCUT2D eigenvalue weighted by Crippen LogP contribution is 2.06. The number of amides is 1. The number of carbonyl (C=O) groups excluding carboxylic acids is 1. The molecule has 2 rings (SSSR count). The van der Waals surface area contributed by atoms with Crippen molar-refractivity contribution in [2.75, 3.05) is 5.32 Å². The number of hydrogen-bond acceptors (Lipinski definition) is 4. The standard InChI is InChI=1S/C13H12N4O/c14-17-12(11-8-4-5-9-15-11)13(18)16-10-6-2-1-3-7-10/h1-9H,14H2,(H,16,18). The number of rotatable bonds is 3. The Kier molecular flexibility index (Phi) is 3.66. The Labute approximate surface area is 104 Å². The molecule has 0 radical (unpaired) electrons. The molecule has 18 heavy (non-hydrogen) atoms. The van der Waals surface area contributed by atoms with Gasteiger partial charge < -0.3 is 11.2 Å². The van der Waals surface area contributed by atoms with Crippen LogP contribution in [0.15, 0.2) is 59.8 Å². The summed E-state index contributed by atoms with van der Waals surface area (Å²) in [5, 5.41) is 6.20. The maximum Gasteiger partial charge on any atom is 0.278 e. The van der Waals surface area contributed by atoms with Crippen LogP contribution in [-0.2, 0) is 4.79 Å². The van der Waals surface area contributed by atoms with Crippen molar-refractivity contribution in [1.82, 2.24) is 4.98 Å². The molecule has 3 N–H and O–H groups in total. The number of carbonyl (C=O) groups is 1. The third kappa shape index (κ3) is 2.70. The van der Waals surface area contributed by atoms with Gasteiger partial charge in [-0.1, -0.05) is 24.3 Å². The Morgan fingerprint density at radius 2 is 1.83 bits per heavy atom. The smallest absolute Gasteiger partial charge is 0.278 e. The molecular formula is C13H12N4O. The van der Waals surface area contributed by atoms with E-state index < -0.39 is 0 Å². The number of hydrazone groups is 1. The Hall–Kier alpha value is -2.69. The van der Waals surface area contributed by atoms with Gasteiger partial charge in [0.1, 0.15) is 0 Å². The van der Waals surface area contributed by atoms with E-state index in [1.165, 1.54) is 0 Å². The molecular weight excluding hydrogens is 228 g/mol. The quantitative estimate of drug-likeness (QED) is 0.483. The normalized spacial score (nSPS) is 11.0. The van der Waals surface area contributed by atoms with Crippen molar-refractivity contribution in [3.63, 3.8) is 0 Å². The molecule has 0 saturated carbocycles. The van der Waals surface area contributed by atoms with Crippen molar-refractivity contribution in [2.24, 2.45) is 10.9 Å². The number of aromatic nitrogens is 1. The minimum Gasteiger partial charge on any atom is -0.322 e. The first-order chi connectivity index (χ1) is 8.81. The summed E-state index contributed by atoms with van der Waals surface area (Å²) in [5.41, 5.74) is 1.22. The van der Waals surface area contributed by atoms with Gasteiger partial charge in [-0.25, -0.2) is 0 Å². The van der Waals surface area contributed by atoms with E-state index in [1.807, 2.05) is 18.2 Å². The van der Waals surface area contributed by atoms with Crippen LogP contribution in [0.1, 0.15) is 5.69 Å². The summed E-state index contributed by atoms with van der Waals surface area (Å²) in [7, 11) is 0. The van der Waals surface area contributed by atoms with Gasteiger partial charge in [-0.05, 0) is 24.3 Å². The van der Waals surface area contributed by atoms with Crippen molar-refractivity contribution in [1.29, 1.82) is 0 Å². The van der Waals surface area contributed by atoms with Gasteiger partial charge in [0.05, 0.1) is 5.69 Å². The van der Waals surface area contributed by atoms with Crippen LogP contribution in [0.2, 0.25) is 0 Å². The van der Waals surface area contributed by atoms with Crippen LogP contribution >= 0.6 is 0 Å². The first-order valence-corrected chi connectivity index (χ1v) is 5.37. The van der Waals surface area contributed by atoms with Crippen LogP contribution in [-0.4, -0.2) is 16.6 Å². The maximum absolute atomic E-state index is 12.0. The van der Waals surface area contributed by atoms with E-state index in [-0.39, 0.29) is 11.6 Å². The molecule has 2 aromatic rings. The van der Waals surface area contributed by atoms with Crippen molar-refractivity contribution >= 4 is 17.3 Å². The Bertz CT molecular complexity index is 552. The summed E-state index contributed by atoms with van der Waals surface area (Å²) in [4.78, 5) is 16.0. The van der Waals surface area contributed by atoms with Gasteiger partial charge in [-0.15, -0.1) is 0 Å². The molecule has 0 spiro atoms. The number of pyridine rings is 1. The lowest BCUT2D eigenvalue weighted by atomic mass is 10.2. The lowest BCUT2D eigenvalue weighted by molar-refractivity contribution is -0.110. The van der Waals surface area contributed by atoms with Gasteiger partial charge in [-0.2, -0.15) is 5.10 Å². The molecule has 5 heteroatoms. The van der Waals surface area contributed by atoms with Crippen LogP contribution in [0, 0.1) is 0 Å². The van der Waals surface area contributed by atoms with Gasteiger partial charge in [0.25, 0.3) is 5.91 Å². The van der Waals surface area contributed by atoms with Gasteiger partial charge in [-0.3, -0.25) is 9.78 Å². The molecule has 90 valence electrons. The average Bonchev–Trinajstić information content (AvgIpc) is 2.42. The van der Waals surface area contributed by atoms with Gasteiger partial charge >= 0.3 is 0 Å². The number of nitrogens with one attached hydrogen (secondary N) is 1. The lowest BCUT2D eigenvalue weighted by Crippen LogP contribution is -2.25. The fraction of sp³-hybridized carbons (Fsp3) is 0. The first kappa shape index (κ1) is 11.8. The van der Waals surface area contributed by atoms with E-state index in [4.69, 9.17) is 5.84 Å². The Morgan fingerprint density at radius 3 is 2.44 bits per heavy atom. The van der Waals surface area contributed by atoms with E-state index in [1.54, 1.807) is 36.5 Å². The lowest BCUT2D eigenvalue weighted by Gasteiger charge is -2.06. The van der Waals surface area contributed by atoms with Crippen molar-refractivity contribution in [3.05, 3.63) is 60.4 Å². The summed E-state index contributed by atoms with van der Waals surface area (Å²) in [6.45, 7) is 0. The molecule has 1 amide bonds.